The third-order valence-corrected chi connectivity index (χ3v) is 4.00. The van der Waals surface area contributed by atoms with Gasteiger partial charge in [-0.2, -0.15) is 0 Å². The number of rotatable bonds is 11. The molecule has 1 saturated heterocycles. The third kappa shape index (κ3) is 7.38. The molecule has 1 heterocycles. The molecule has 1 aliphatic rings. The molecule has 18 heavy (non-hydrogen) atoms. The largest absolute Gasteiger partial charge is 0.323 e. The second-order valence-corrected chi connectivity index (χ2v) is 6.55. The van der Waals surface area contributed by atoms with Crippen LogP contribution in [0.2, 0.25) is 0 Å². The highest BCUT2D eigenvalue weighted by Gasteiger charge is 2.33. The highest BCUT2D eigenvalue weighted by atomic mass is 15.2. The summed E-state index contributed by atoms with van der Waals surface area (Å²) in [4.78, 5) is 2.49. The first-order valence-electron chi connectivity index (χ1n) is 8.15. The Kier molecular flexibility index (Phi) is 7.92. The number of nitrogens with zero attached hydrogens (tertiary/aromatic N) is 1. The Bertz CT molecular complexity index is 193. The highest BCUT2D eigenvalue weighted by Crippen LogP contribution is 2.18. The molecule has 2 heteroatoms. The Hall–Kier alpha value is -0.0800. The number of likely N-dealkylation sites (tertiary alicyclic amines) is 1. The predicted octanol–water partition coefficient (Wildman–Crippen LogP) is 3.94. The highest BCUT2D eigenvalue weighted by molar-refractivity contribution is 4.95. The number of hydrogen-bond donors (Lipinski definition) is 1. The SMILES string of the molecule is CCCCCCCCCCCCN1CC(C)(N)C1. The van der Waals surface area contributed by atoms with Gasteiger partial charge in [-0.05, 0) is 19.9 Å². The summed E-state index contributed by atoms with van der Waals surface area (Å²) >= 11 is 0. The van der Waals surface area contributed by atoms with E-state index < -0.39 is 0 Å². The van der Waals surface area contributed by atoms with E-state index in [9.17, 15) is 0 Å². The lowest BCUT2D eigenvalue weighted by Crippen LogP contribution is -2.65. The van der Waals surface area contributed by atoms with Crippen molar-refractivity contribution < 1.29 is 0 Å². The van der Waals surface area contributed by atoms with Crippen molar-refractivity contribution >= 4 is 0 Å². The van der Waals surface area contributed by atoms with E-state index >= 15 is 0 Å². The predicted molar refractivity (Wildman–Crippen MR) is 80.9 cm³/mol. The lowest BCUT2D eigenvalue weighted by Gasteiger charge is -2.45. The van der Waals surface area contributed by atoms with Crippen LogP contribution in [0.3, 0.4) is 0 Å². The Morgan fingerprint density at radius 3 is 1.72 bits per heavy atom. The maximum absolute atomic E-state index is 5.99. The van der Waals surface area contributed by atoms with Gasteiger partial charge in [-0.3, -0.25) is 4.90 Å². The summed E-state index contributed by atoms with van der Waals surface area (Å²) < 4.78 is 0. The lowest BCUT2D eigenvalue weighted by atomic mass is 9.93. The van der Waals surface area contributed by atoms with Crippen LogP contribution in [0.5, 0.6) is 0 Å². The van der Waals surface area contributed by atoms with Gasteiger partial charge in [0.05, 0.1) is 0 Å². The molecule has 2 nitrogen and oxygen atoms in total. The van der Waals surface area contributed by atoms with Crippen LogP contribution in [0.15, 0.2) is 0 Å². The van der Waals surface area contributed by atoms with Crippen molar-refractivity contribution in [3.8, 4) is 0 Å². The summed E-state index contributed by atoms with van der Waals surface area (Å²) in [6, 6.07) is 0. The molecule has 108 valence electrons. The van der Waals surface area contributed by atoms with Crippen LogP contribution in [0.4, 0.5) is 0 Å². The molecular weight excluding hydrogens is 220 g/mol. The number of nitrogens with two attached hydrogens (primary N) is 1. The third-order valence-electron chi connectivity index (χ3n) is 4.00. The van der Waals surface area contributed by atoms with Crippen LogP contribution in [0, 0.1) is 0 Å². The van der Waals surface area contributed by atoms with Gasteiger partial charge in [0.25, 0.3) is 0 Å². The summed E-state index contributed by atoms with van der Waals surface area (Å²) in [5.74, 6) is 0. The molecule has 1 fully saturated rings. The van der Waals surface area contributed by atoms with Crippen molar-refractivity contribution in [2.45, 2.75) is 83.6 Å². The van der Waals surface area contributed by atoms with Crippen molar-refractivity contribution in [1.82, 2.24) is 4.90 Å². The second kappa shape index (κ2) is 8.92. The molecule has 0 amide bonds. The van der Waals surface area contributed by atoms with Gasteiger partial charge in [-0.1, -0.05) is 64.7 Å². The fourth-order valence-electron chi connectivity index (χ4n) is 2.96. The summed E-state index contributed by atoms with van der Waals surface area (Å²) in [6.45, 7) is 7.91. The zero-order chi connectivity index (χ0) is 13.3. The van der Waals surface area contributed by atoms with Crippen molar-refractivity contribution in [3.63, 3.8) is 0 Å². The number of hydrogen-bond acceptors (Lipinski definition) is 2. The molecule has 0 aromatic heterocycles. The molecule has 0 spiro atoms. The van der Waals surface area contributed by atoms with Gasteiger partial charge in [-0.15, -0.1) is 0 Å². The average molecular weight is 254 g/mol. The Morgan fingerprint density at radius 2 is 1.28 bits per heavy atom. The van der Waals surface area contributed by atoms with Crippen molar-refractivity contribution in [2.75, 3.05) is 19.6 Å². The fraction of sp³-hybridized carbons (Fsp3) is 1.00. The molecular formula is C16H34N2. The van der Waals surface area contributed by atoms with E-state index in [0.717, 1.165) is 13.1 Å². The minimum Gasteiger partial charge on any atom is -0.323 e. The fourth-order valence-corrected chi connectivity index (χ4v) is 2.96. The molecule has 0 aromatic rings. The van der Waals surface area contributed by atoms with Gasteiger partial charge in [-0.25, -0.2) is 0 Å². The normalized spacial score (nSPS) is 18.8. The Morgan fingerprint density at radius 1 is 0.833 bits per heavy atom. The molecule has 1 rings (SSSR count). The Labute approximate surface area is 114 Å². The van der Waals surface area contributed by atoms with Crippen LogP contribution in [0.1, 0.15) is 78.1 Å². The van der Waals surface area contributed by atoms with Gasteiger partial charge in [0.1, 0.15) is 0 Å². The minimum atomic E-state index is 0.110. The molecule has 0 unspecified atom stereocenters. The van der Waals surface area contributed by atoms with Gasteiger partial charge < -0.3 is 5.73 Å². The van der Waals surface area contributed by atoms with E-state index in [1.807, 2.05) is 0 Å². The van der Waals surface area contributed by atoms with Gasteiger partial charge >= 0.3 is 0 Å². The van der Waals surface area contributed by atoms with Crippen molar-refractivity contribution in [3.05, 3.63) is 0 Å². The van der Waals surface area contributed by atoms with E-state index in [2.05, 4.69) is 18.7 Å². The molecule has 1 aliphatic heterocycles. The first kappa shape index (κ1) is 16.0. The maximum atomic E-state index is 5.99. The Balaban J connectivity index is 1.72. The molecule has 0 bridgehead atoms. The lowest BCUT2D eigenvalue weighted by molar-refractivity contribution is 0.0821. The van der Waals surface area contributed by atoms with E-state index in [0.29, 0.717) is 0 Å². The maximum Gasteiger partial charge on any atom is 0.0383 e. The van der Waals surface area contributed by atoms with Crippen LogP contribution in [0.25, 0.3) is 0 Å². The van der Waals surface area contributed by atoms with Gasteiger partial charge in [0.2, 0.25) is 0 Å². The first-order chi connectivity index (χ1) is 8.64. The van der Waals surface area contributed by atoms with Crippen LogP contribution in [-0.4, -0.2) is 30.1 Å². The average Bonchev–Trinajstić information content (AvgIpc) is 2.29. The molecule has 2 N–H and O–H groups in total. The number of unbranched alkanes of at least 4 members (excludes halogenated alkanes) is 9. The first-order valence-corrected chi connectivity index (χ1v) is 8.15. The topological polar surface area (TPSA) is 29.3 Å². The van der Waals surface area contributed by atoms with Crippen LogP contribution < -0.4 is 5.73 Å². The smallest absolute Gasteiger partial charge is 0.0383 e. The molecule has 0 radical (unpaired) electrons. The van der Waals surface area contributed by atoms with Gasteiger partial charge in [0, 0.05) is 18.6 Å². The second-order valence-electron chi connectivity index (χ2n) is 6.55. The zero-order valence-corrected chi connectivity index (χ0v) is 12.7. The molecule has 0 aromatic carbocycles. The van der Waals surface area contributed by atoms with E-state index in [1.165, 1.54) is 70.8 Å². The van der Waals surface area contributed by atoms with Crippen LogP contribution in [-0.2, 0) is 0 Å². The summed E-state index contributed by atoms with van der Waals surface area (Å²) in [5, 5.41) is 0. The minimum absolute atomic E-state index is 0.110. The van der Waals surface area contributed by atoms with E-state index in [-0.39, 0.29) is 5.54 Å². The summed E-state index contributed by atoms with van der Waals surface area (Å²) in [7, 11) is 0. The standard InChI is InChI=1S/C16H34N2/c1-3-4-5-6-7-8-9-10-11-12-13-18-14-16(2,17)15-18/h3-15,17H2,1-2H3. The van der Waals surface area contributed by atoms with Crippen LogP contribution >= 0.6 is 0 Å². The molecule has 0 atom stereocenters. The van der Waals surface area contributed by atoms with Gasteiger partial charge in [0.15, 0.2) is 0 Å². The monoisotopic (exact) mass is 254 g/mol. The van der Waals surface area contributed by atoms with Crippen molar-refractivity contribution in [2.24, 2.45) is 5.73 Å². The molecule has 0 saturated carbocycles. The summed E-state index contributed by atoms with van der Waals surface area (Å²) in [5.41, 5.74) is 6.10. The van der Waals surface area contributed by atoms with E-state index in [4.69, 9.17) is 5.73 Å². The summed E-state index contributed by atoms with van der Waals surface area (Å²) in [6.07, 6.45) is 14.3. The molecule has 0 aliphatic carbocycles. The zero-order valence-electron chi connectivity index (χ0n) is 12.7. The van der Waals surface area contributed by atoms with Crippen molar-refractivity contribution in [1.29, 1.82) is 0 Å². The van der Waals surface area contributed by atoms with E-state index in [1.54, 1.807) is 0 Å². The quantitative estimate of drug-likeness (QED) is 0.566.